The number of hydrogen-bond donors (Lipinski definition) is 0. The highest BCUT2D eigenvalue weighted by Crippen LogP contribution is 2.34. The van der Waals surface area contributed by atoms with Crippen molar-refractivity contribution in [1.29, 1.82) is 0 Å². The van der Waals surface area contributed by atoms with E-state index >= 15 is 0 Å². The molecule has 0 spiro atoms. The number of rotatable bonds is 0. The first-order valence-corrected chi connectivity index (χ1v) is 5.51. The molecule has 0 aromatic heterocycles. The molecule has 0 saturated heterocycles. The van der Waals surface area contributed by atoms with E-state index in [1.54, 1.807) is 0 Å². The molecule has 0 fully saturated rings. The van der Waals surface area contributed by atoms with Gasteiger partial charge in [0.15, 0.2) is 0 Å². The molecule has 0 radical (unpaired) electrons. The predicted octanol–water partition coefficient (Wildman–Crippen LogP) is 2.99. The molecule has 1 aromatic rings. The number of fused-ring (bicyclic) bond motifs is 1. The van der Waals surface area contributed by atoms with Crippen LogP contribution in [-0.4, -0.2) is 11.5 Å². The van der Waals surface area contributed by atoms with E-state index in [1.165, 1.54) is 5.56 Å². The van der Waals surface area contributed by atoms with E-state index in [4.69, 9.17) is 16.3 Å². The lowest BCUT2D eigenvalue weighted by atomic mass is 10.0. The summed E-state index contributed by atoms with van der Waals surface area (Å²) in [5, 5.41) is 0. The van der Waals surface area contributed by atoms with E-state index < -0.39 is 0 Å². The van der Waals surface area contributed by atoms with E-state index in [9.17, 15) is 0 Å². The fourth-order valence-electron chi connectivity index (χ4n) is 1.82. The SMILES string of the molecule is CC1(C)Cc2cc(C#CCCl)ccc2O1. The zero-order valence-corrected chi connectivity index (χ0v) is 9.69. The molecule has 1 aliphatic heterocycles. The first-order valence-electron chi connectivity index (χ1n) is 4.97. The highest BCUT2D eigenvalue weighted by molar-refractivity contribution is 6.19. The van der Waals surface area contributed by atoms with E-state index in [0.29, 0.717) is 5.88 Å². The molecule has 15 heavy (non-hydrogen) atoms. The average molecular weight is 221 g/mol. The van der Waals surface area contributed by atoms with E-state index in [0.717, 1.165) is 17.7 Å². The number of benzene rings is 1. The van der Waals surface area contributed by atoms with Gasteiger partial charge >= 0.3 is 0 Å². The summed E-state index contributed by atoms with van der Waals surface area (Å²) in [6.07, 6.45) is 0.943. The molecule has 1 aromatic carbocycles. The van der Waals surface area contributed by atoms with Crippen LogP contribution in [0.1, 0.15) is 25.0 Å². The lowest BCUT2D eigenvalue weighted by Crippen LogP contribution is -2.24. The normalized spacial score (nSPS) is 16.2. The Morgan fingerprint density at radius 2 is 2.27 bits per heavy atom. The molecule has 1 nitrogen and oxygen atoms in total. The molecule has 0 bridgehead atoms. The fourth-order valence-corrected chi connectivity index (χ4v) is 1.89. The predicted molar refractivity (Wildman–Crippen MR) is 62.5 cm³/mol. The Labute approximate surface area is 95.4 Å². The molecule has 1 aliphatic rings. The second-order valence-electron chi connectivity index (χ2n) is 4.30. The molecular weight excluding hydrogens is 208 g/mol. The van der Waals surface area contributed by atoms with Crippen molar-refractivity contribution in [1.82, 2.24) is 0 Å². The van der Waals surface area contributed by atoms with Crippen molar-refractivity contribution < 1.29 is 4.74 Å². The number of hydrogen-bond acceptors (Lipinski definition) is 1. The summed E-state index contributed by atoms with van der Waals surface area (Å²) in [7, 11) is 0. The third-order valence-corrected chi connectivity index (χ3v) is 2.50. The van der Waals surface area contributed by atoms with Crippen molar-refractivity contribution in [2.75, 3.05) is 5.88 Å². The molecule has 2 heteroatoms. The van der Waals surface area contributed by atoms with Gasteiger partial charge in [-0.1, -0.05) is 11.8 Å². The van der Waals surface area contributed by atoms with Crippen LogP contribution in [0.2, 0.25) is 0 Å². The maximum absolute atomic E-state index is 5.78. The first-order chi connectivity index (χ1) is 7.11. The number of alkyl halides is 1. The molecule has 78 valence electrons. The van der Waals surface area contributed by atoms with Gasteiger partial charge in [-0.3, -0.25) is 0 Å². The third-order valence-electron chi connectivity index (χ3n) is 2.36. The van der Waals surface area contributed by atoms with Crippen LogP contribution >= 0.6 is 11.6 Å². The highest BCUT2D eigenvalue weighted by atomic mass is 35.5. The van der Waals surface area contributed by atoms with Gasteiger partial charge in [0, 0.05) is 12.0 Å². The monoisotopic (exact) mass is 220 g/mol. The van der Waals surface area contributed by atoms with Crippen LogP contribution in [0.5, 0.6) is 5.75 Å². The Balaban J connectivity index is 2.30. The van der Waals surface area contributed by atoms with Crippen LogP contribution in [0.15, 0.2) is 18.2 Å². The molecule has 0 unspecified atom stereocenters. The molecule has 2 rings (SSSR count). The van der Waals surface area contributed by atoms with Gasteiger partial charge in [-0.2, -0.15) is 0 Å². The Bertz CT molecular complexity index is 438. The zero-order chi connectivity index (χ0) is 10.9. The van der Waals surface area contributed by atoms with Crippen molar-refractivity contribution in [3.05, 3.63) is 29.3 Å². The molecule has 0 aliphatic carbocycles. The second-order valence-corrected chi connectivity index (χ2v) is 4.56. The topological polar surface area (TPSA) is 9.23 Å². The molecule has 1 heterocycles. The molecule has 0 atom stereocenters. The van der Waals surface area contributed by atoms with E-state index in [-0.39, 0.29) is 5.60 Å². The van der Waals surface area contributed by atoms with Gasteiger partial charge in [-0.15, -0.1) is 11.6 Å². The molecular formula is C13H13ClO. The minimum absolute atomic E-state index is 0.0825. The average Bonchev–Trinajstić information content (AvgIpc) is 2.47. The van der Waals surface area contributed by atoms with Crippen molar-refractivity contribution in [2.24, 2.45) is 0 Å². The number of halogens is 1. The minimum atomic E-state index is -0.0825. The van der Waals surface area contributed by atoms with Crippen molar-refractivity contribution in [2.45, 2.75) is 25.9 Å². The Hall–Kier alpha value is -1.13. The Morgan fingerprint density at radius 3 is 3.00 bits per heavy atom. The summed E-state index contributed by atoms with van der Waals surface area (Å²) in [5.74, 6) is 7.22. The zero-order valence-electron chi connectivity index (χ0n) is 8.93. The van der Waals surface area contributed by atoms with Gasteiger partial charge in [0.25, 0.3) is 0 Å². The molecule has 0 N–H and O–H groups in total. The maximum atomic E-state index is 5.78. The van der Waals surface area contributed by atoms with Crippen molar-refractivity contribution >= 4 is 11.6 Å². The minimum Gasteiger partial charge on any atom is -0.487 e. The van der Waals surface area contributed by atoms with Crippen LogP contribution in [0.25, 0.3) is 0 Å². The first kappa shape index (κ1) is 10.4. The molecule has 0 amide bonds. The van der Waals surface area contributed by atoms with Crippen molar-refractivity contribution in [3.8, 4) is 17.6 Å². The Kier molecular flexibility index (Phi) is 2.63. The van der Waals surface area contributed by atoms with Gasteiger partial charge < -0.3 is 4.74 Å². The summed E-state index contributed by atoms with van der Waals surface area (Å²) in [6.45, 7) is 4.19. The van der Waals surface area contributed by atoms with Crippen LogP contribution in [-0.2, 0) is 6.42 Å². The molecule has 0 saturated carbocycles. The van der Waals surface area contributed by atoms with Gasteiger partial charge in [-0.05, 0) is 37.6 Å². The van der Waals surface area contributed by atoms with Crippen LogP contribution in [0, 0.1) is 11.8 Å². The quantitative estimate of drug-likeness (QED) is 0.483. The summed E-state index contributed by atoms with van der Waals surface area (Å²) in [6, 6.07) is 6.05. The van der Waals surface area contributed by atoms with Gasteiger partial charge in [-0.25, -0.2) is 0 Å². The second kappa shape index (κ2) is 3.79. The van der Waals surface area contributed by atoms with Crippen LogP contribution in [0.4, 0.5) is 0 Å². The van der Waals surface area contributed by atoms with Gasteiger partial charge in [0.2, 0.25) is 0 Å². The van der Waals surface area contributed by atoms with E-state index in [1.807, 2.05) is 12.1 Å². The smallest absolute Gasteiger partial charge is 0.123 e. The largest absolute Gasteiger partial charge is 0.487 e. The van der Waals surface area contributed by atoms with Crippen LogP contribution < -0.4 is 4.74 Å². The lowest BCUT2D eigenvalue weighted by molar-refractivity contribution is 0.138. The summed E-state index contributed by atoms with van der Waals surface area (Å²) in [5.41, 5.74) is 2.16. The maximum Gasteiger partial charge on any atom is 0.123 e. The lowest BCUT2D eigenvalue weighted by Gasteiger charge is -2.16. The van der Waals surface area contributed by atoms with Gasteiger partial charge in [0.05, 0.1) is 5.88 Å². The Morgan fingerprint density at radius 1 is 1.47 bits per heavy atom. The fraction of sp³-hybridized carbons (Fsp3) is 0.385. The van der Waals surface area contributed by atoms with Crippen molar-refractivity contribution in [3.63, 3.8) is 0 Å². The standard InChI is InChI=1S/C13H13ClO/c1-13(2)9-11-8-10(4-3-7-14)5-6-12(11)15-13/h5-6,8H,7,9H2,1-2H3. The summed E-state index contributed by atoms with van der Waals surface area (Å²) >= 11 is 5.52. The summed E-state index contributed by atoms with van der Waals surface area (Å²) in [4.78, 5) is 0. The van der Waals surface area contributed by atoms with E-state index in [2.05, 4.69) is 31.8 Å². The van der Waals surface area contributed by atoms with Gasteiger partial charge in [0.1, 0.15) is 11.4 Å². The number of ether oxygens (including phenoxy) is 1. The van der Waals surface area contributed by atoms with Crippen LogP contribution in [0.3, 0.4) is 0 Å². The highest BCUT2D eigenvalue weighted by Gasteiger charge is 2.29. The third kappa shape index (κ3) is 2.27. The summed E-state index contributed by atoms with van der Waals surface area (Å²) < 4.78 is 5.78.